The maximum atomic E-state index is 12.1. The van der Waals surface area contributed by atoms with Gasteiger partial charge >= 0.3 is 5.97 Å². The molecule has 0 spiro atoms. The smallest absolute Gasteiger partial charge is 0.347 e. The van der Waals surface area contributed by atoms with Gasteiger partial charge in [-0.15, -0.1) is 11.3 Å². The molecule has 2 N–H and O–H groups in total. The molecule has 0 aromatic carbocycles. The van der Waals surface area contributed by atoms with E-state index < -0.39 is 5.97 Å². The zero-order valence-electron chi connectivity index (χ0n) is 11.3. The molecule has 0 aliphatic carbocycles. The Kier molecular flexibility index (Phi) is 4.20. The van der Waals surface area contributed by atoms with Crippen molar-refractivity contribution in [1.29, 1.82) is 0 Å². The monoisotopic (exact) mass is 310 g/mol. The Labute approximate surface area is 124 Å². The van der Waals surface area contributed by atoms with Crippen LogP contribution in [-0.4, -0.2) is 22.0 Å². The van der Waals surface area contributed by atoms with E-state index in [2.05, 4.69) is 10.3 Å². The van der Waals surface area contributed by atoms with Crippen LogP contribution in [0.5, 0.6) is 0 Å². The molecule has 0 bridgehead atoms. The highest BCUT2D eigenvalue weighted by Crippen LogP contribution is 2.24. The molecule has 2 heterocycles. The van der Waals surface area contributed by atoms with Crippen molar-refractivity contribution in [3.05, 3.63) is 37.5 Å². The van der Waals surface area contributed by atoms with Gasteiger partial charge < -0.3 is 10.4 Å². The number of rotatable bonds is 4. The van der Waals surface area contributed by atoms with Gasteiger partial charge in [0.1, 0.15) is 9.88 Å². The van der Waals surface area contributed by atoms with Crippen molar-refractivity contribution in [1.82, 2.24) is 10.3 Å². The lowest BCUT2D eigenvalue weighted by Gasteiger charge is -2.10. The van der Waals surface area contributed by atoms with Gasteiger partial charge in [0.25, 0.3) is 5.91 Å². The number of nitrogens with zero attached hydrogens (tertiary/aromatic N) is 1. The lowest BCUT2D eigenvalue weighted by Crippen LogP contribution is -2.26. The average molecular weight is 310 g/mol. The van der Waals surface area contributed by atoms with Gasteiger partial charge in [0.05, 0.1) is 17.3 Å². The Hall–Kier alpha value is -1.73. The standard InChI is InChI=1S/C13H14N2O3S2/c1-6-4-19-5-9(6)11(16)14-8(3)12-15-7(2)10(20-12)13(17)18/h4-5,8H,1-3H3,(H,14,16)(H,17,18)/t8-/m1/s1. The van der Waals surface area contributed by atoms with Crippen molar-refractivity contribution >= 4 is 34.6 Å². The van der Waals surface area contributed by atoms with Gasteiger partial charge in [0.2, 0.25) is 0 Å². The number of aromatic carboxylic acids is 1. The average Bonchev–Trinajstić information content (AvgIpc) is 2.95. The largest absolute Gasteiger partial charge is 0.477 e. The van der Waals surface area contributed by atoms with Gasteiger partial charge in [-0.05, 0) is 31.7 Å². The molecule has 0 radical (unpaired) electrons. The number of aromatic nitrogens is 1. The predicted octanol–water partition coefficient (Wildman–Crippen LogP) is 3.01. The minimum absolute atomic E-state index is 0.166. The molecule has 106 valence electrons. The van der Waals surface area contributed by atoms with Gasteiger partial charge in [0, 0.05) is 5.38 Å². The Morgan fingerprint density at radius 1 is 1.35 bits per heavy atom. The number of thiazole rings is 1. The van der Waals surface area contributed by atoms with Crippen LogP contribution in [0.25, 0.3) is 0 Å². The van der Waals surface area contributed by atoms with Crippen molar-refractivity contribution in [3.8, 4) is 0 Å². The molecule has 0 saturated carbocycles. The molecule has 0 saturated heterocycles. The van der Waals surface area contributed by atoms with E-state index in [9.17, 15) is 9.59 Å². The summed E-state index contributed by atoms with van der Waals surface area (Å²) in [6.45, 7) is 5.33. The summed E-state index contributed by atoms with van der Waals surface area (Å²) in [7, 11) is 0. The molecule has 2 rings (SSSR count). The predicted molar refractivity (Wildman–Crippen MR) is 78.7 cm³/mol. The number of hydrogen-bond donors (Lipinski definition) is 2. The van der Waals surface area contributed by atoms with E-state index in [1.54, 1.807) is 19.2 Å². The highest BCUT2D eigenvalue weighted by Gasteiger charge is 2.20. The number of carbonyl (C=O) groups excluding carboxylic acids is 1. The Balaban J connectivity index is 2.14. The fourth-order valence-electron chi connectivity index (χ4n) is 1.73. The molecule has 5 nitrogen and oxygen atoms in total. The quantitative estimate of drug-likeness (QED) is 0.910. The van der Waals surface area contributed by atoms with E-state index in [1.807, 2.05) is 12.3 Å². The van der Waals surface area contributed by atoms with Crippen LogP contribution in [0.1, 0.15) is 49.3 Å². The van der Waals surface area contributed by atoms with E-state index in [0.717, 1.165) is 16.9 Å². The van der Waals surface area contributed by atoms with E-state index in [-0.39, 0.29) is 16.8 Å². The topological polar surface area (TPSA) is 79.3 Å². The molecule has 0 aliphatic rings. The van der Waals surface area contributed by atoms with Gasteiger partial charge in [0.15, 0.2) is 0 Å². The van der Waals surface area contributed by atoms with Gasteiger partial charge in [-0.2, -0.15) is 11.3 Å². The van der Waals surface area contributed by atoms with Crippen LogP contribution < -0.4 is 5.32 Å². The van der Waals surface area contributed by atoms with E-state index in [0.29, 0.717) is 16.3 Å². The maximum Gasteiger partial charge on any atom is 0.347 e. The molecule has 20 heavy (non-hydrogen) atoms. The van der Waals surface area contributed by atoms with Crippen molar-refractivity contribution in [2.24, 2.45) is 0 Å². The van der Waals surface area contributed by atoms with Crippen LogP contribution in [-0.2, 0) is 0 Å². The molecular weight excluding hydrogens is 296 g/mol. The van der Waals surface area contributed by atoms with E-state index >= 15 is 0 Å². The number of aryl methyl sites for hydroxylation is 2. The molecule has 2 aromatic heterocycles. The summed E-state index contributed by atoms with van der Waals surface area (Å²) < 4.78 is 0. The summed E-state index contributed by atoms with van der Waals surface area (Å²) in [5, 5.41) is 16.2. The van der Waals surface area contributed by atoms with Crippen LogP contribution in [0.4, 0.5) is 0 Å². The Morgan fingerprint density at radius 3 is 2.55 bits per heavy atom. The fourth-order valence-corrected chi connectivity index (χ4v) is 3.47. The zero-order chi connectivity index (χ0) is 14.9. The maximum absolute atomic E-state index is 12.1. The van der Waals surface area contributed by atoms with Crippen molar-refractivity contribution in [3.63, 3.8) is 0 Å². The molecule has 0 unspecified atom stereocenters. The summed E-state index contributed by atoms with van der Waals surface area (Å²) in [5.74, 6) is -1.15. The first-order valence-electron chi connectivity index (χ1n) is 5.94. The first-order chi connectivity index (χ1) is 9.40. The minimum atomic E-state index is -0.988. The molecule has 1 atom stereocenters. The highest BCUT2D eigenvalue weighted by atomic mass is 32.1. The number of amides is 1. The van der Waals surface area contributed by atoms with Crippen LogP contribution >= 0.6 is 22.7 Å². The third-order valence-corrected chi connectivity index (χ3v) is 5.02. The SMILES string of the molecule is Cc1cscc1C(=O)N[C@H](C)c1nc(C)c(C(=O)O)s1. The summed E-state index contributed by atoms with van der Waals surface area (Å²) in [4.78, 5) is 27.5. The summed E-state index contributed by atoms with van der Waals surface area (Å²) in [6, 6.07) is -0.321. The molecule has 1 amide bonds. The third-order valence-electron chi connectivity index (χ3n) is 2.83. The van der Waals surface area contributed by atoms with Gasteiger partial charge in [-0.3, -0.25) is 4.79 Å². The lowest BCUT2D eigenvalue weighted by molar-refractivity contribution is 0.0701. The number of hydrogen-bond acceptors (Lipinski definition) is 5. The number of carbonyl (C=O) groups is 2. The normalized spacial score (nSPS) is 12.2. The Morgan fingerprint density at radius 2 is 2.05 bits per heavy atom. The first-order valence-corrected chi connectivity index (χ1v) is 7.70. The lowest BCUT2D eigenvalue weighted by atomic mass is 10.2. The summed E-state index contributed by atoms with van der Waals surface area (Å²) in [5.41, 5.74) is 2.06. The van der Waals surface area contributed by atoms with E-state index in [1.165, 1.54) is 11.3 Å². The second-order valence-corrected chi connectivity index (χ2v) is 6.21. The molecular formula is C13H14N2O3S2. The number of carboxylic acid groups (broad SMARTS) is 1. The van der Waals surface area contributed by atoms with Gasteiger partial charge in [-0.25, -0.2) is 9.78 Å². The van der Waals surface area contributed by atoms with Crippen molar-refractivity contribution < 1.29 is 14.7 Å². The van der Waals surface area contributed by atoms with Crippen LogP contribution in [0.3, 0.4) is 0 Å². The fraction of sp³-hybridized carbons (Fsp3) is 0.308. The first kappa shape index (κ1) is 14.7. The van der Waals surface area contributed by atoms with E-state index in [4.69, 9.17) is 5.11 Å². The van der Waals surface area contributed by atoms with Crippen LogP contribution in [0, 0.1) is 13.8 Å². The third kappa shape index (κ3) is 2.88. The highest BCUT2D eigenvalue weighted by molar-refractivity contribution is 7.13. The minimum Gasteiger partial charge on any atom is -0.477 e. The van der Waals surface area contributed by atoms with Gasteiger partial charge in [-0.1, -0.05) is 0 Å². The summed E-state index contributed by atoms with van der Waals surface area (Å²) in [6.07, 6.45) is 0. The molecule has 0 fully saturated rings. The van der Waals surface area contributed by atoms with Crippen LogP contribution in [0.15, 0.2) is 10.8 Å². The molecule has 0 aliphatic heterocycles. The summed E-state index contributed by atoms with van der Waals surface area (Å²) >= 11 is 2.57. The van der Waals surface area contributed by atoms with Crippen molar-refractivity contribution in [2.45, 2.75) is 26.8 Å². The number of carboxylic acids is 1. The number of nitrogens with one attached hydrogen (secondary N) is 1. The molecule has 7 heteroatoms. The van der Waals surface area contributed by atoms with Crippen molar-refractivity contribution in [2.75, 3.05) is 0 Å². The second-order valence-electron chi connectivity index (χ2n) is 4.44. The molecule has 2 aromatic rings. The zero-order valence-corrected chi connectivity index (χ0v) is 12.9. The second kappa shape index (κ2) is 5.72. The van der Waals surface area contributed by atoms with Crippen LogP contribution in [0.2, 0.25) is 0 Å². The Bertz CT molecular complexity index is 660. The number of thiophene rings is 1.